The van der Waals surface area contributed by atoms with Crippen LogP contribution in [-0.4, -0.2) is 65.5 Å². The molecule has 112 valence electrons. The van der Waals surface area contributed by atoms with Gasteiger partial charge < -0.3 is 15.2 Å². The summed E-state index contributed by atoms with van der Waals surface area (Å²) in [5.41, 5.74) is -0.388. The summed E-state index contributed by atoms with van der Waals surface area (Å²) >= 11 is 0. The fourth-order valence-corrected chi connectivity index (χ4v) is 2.22. The molecule has 0 aromatic carbocycles. The Morgan fingerprint density at radius 1 is 1.55 bits per heavy atom. The molecule has 1 saturated heterocycles. The average Bonchev–Trinajstić information content (AvgIpc) is 2.47. The summed E-state index contributed by atoms with van der Waals surface area (Å²) in [6.07, 6.45) is 1.76. The minimum Gasteiger partial charge on any atom is -0.394 e. The highest BCUT2D eigenvalue weighted by Gasteiger charge is 2.37. The molecule has 1 atom stereocenters. The SMILES string of the molecule is CC(C)c1nccc(NCC2(CO)COCCN2C)n1. The Morgan fingerprint density at radius 3 is 3.00 bits per heavy atom. The van der Waals surface area contributed by atoms with E-state index in [-0.39, 0.29) is 12.1 Å². The Balaban J connectivity index is 2.04. The predicted octanol–water partition coefficient (Wildman–Crippen LogP) is 0.705. The van der Waals surface area contributed by atoms with Crippen molar-refractivity contribution in [3.05, 3.63) is 18.1 Å². The van der Waals surface area contributed by atoms with E-state index >= 15 is 0 Å². The molecule has 2 rings (SSSR count). The van der Waals surface area contributed by atoms with Crippen molar-refractivity contribution in [3.8, 4) is 0 Å². The van der Waals surface area contributed by atoms with Gasteiger partial charge in [0, 0.05) is 25.2 Å². The molecule has 0 spiro atoms. The molecule has 1 aliphatic heterocycles. The molecule has 1 aromatic rings. The van der Waals surface area contributed by atoms with Crippen LogP contribution in [0.25, 0.3) is 0 Å². The quantitative estimate of drug-likeness (QED) is 0.827. The second-order valence-corrected chi connectivity index (χ2v) is 5.66. The lowest BCUT2D eigenvalue weighted by Crippen LogP contribution is -2.61. The highest BCUT2D eigenvalue weighted by atomic mass is 16.5. The first-order chi connectivity index (χ1) is 9.57. The predicted molar refractivity (Wildman–Crippen MR) is 77.9 cm³/mol. The summed E-state index contributed by atoms with van der Waals surface area (Å²) in [5.74, 6) is 1.90. The van der Waals surface area contributed by atoms with Gasteiger partial charge in [-0.2, -0.15) is 0 Å². The molecule has 0 radical (unpaired) electrons. The number of nitrogens with zero attached hydrogens (tertiary/aromatic N) is 3. The van der Waals surface area contributed by atoms with Crippen molar-refractivity contribution in [2.75, 3.05) is 45.3 Å². The normalized spacial score (nSPS) is 24.1. The van der Waals surface area contributed by atoms with E-state index in [0.29, 0.717) is 25.7 Å². The largest absolute Gasteiger partial charge is 0.394 e. The van der Waals surface area contributed by atoms with E-state index in [1.165, 1.54) is 0 Å². The molecule has 0 saturated carbocycles. The molecule has 2 heterocycles. The molecule has 6 heteroatoms. The Labute approximate surface area is 120 Å². The minimum absolute atomic E-state index is 0.0542. The maximum atomic E-state index is 9.74. The third kappa shape index (κ3) is 3.26. The zero-order valence-electron chi connectivity index (χ0n) is 12.5. The molecule has 20 heavy (non-hydrogen) atoms. The first kappa shape index (κ1) is 15.2. The summed E-state index contributed by atoms with van der Waals surface area (Å²) < 4.78 is 5.52. The van der Waals surface area contributed by atoms with E-state index < -0.39 is 0 Å². The van der Waals surface area contributed by atoms with Crippen LogP contribution in [0.3, 0.4) is 0 Å². The Hall–Kier alpha value is -1.24. The van der Waals surface area contributed by atoms with Crippen LogP contribution in [0.2, 0.25) is 0 Å². The lowest BCUT2D eigenvalue weighted by Gasteiger charge is -2.43. The standard InChI is InChI=1S/C14H24N4O2/c1-11(2)13-15-5-4-12(17-13)16-8-14(9-19)10-20-7-6-18(14)3/h4-5,11,19H,6-10H2,1-3H3,(H,15,16,17). The molecule has 1 aromatic heterocycles. The smallest absolute Gasteiger partial charge is 0.133 e. The molecule has 1 fully saturated rings. The van der Waals surface area contributed by atoms with Gasteiger partial charge in [-0.1, -0.05) is 13.8 Å². The van der Waals surface area contributed by atoms with Crippen molar-refractivity contribution in [1.29, 1.82) is 0 Å². The number of morpholine rings is 1. The van der Waals surface area contributed by atoms with Crippen LogP contribution < -0.4 is 5.32 Å². The molecular weight excluding hydrogens is 256 g/mol. The summed E-state index contributed by atoms with van der Waals surface area (Å²) in [4.78, 5) is 10.9. The number of anilines is 1. The first-order valence-corrected chi connectivity index (χ1v) is 7.04. The number of nitrogens with one attached hydrogen (secondary N) is 1. The van der Waals surface area contributed by atoms with Gasteiger partial charge in [0.2, 0.25) is 0 Å². The van der Waals surface area contributed by atoms with Crippen molar-refractivity contribution >= 4 is 5.82 Å². The highest BCUT2D eigenvalue weighted by Crippen LogP contribution is 2.19. The van der Waals surface area contributed by atoms with E-state index in [2.05, 4.69) is 34.0 Å². The van der Waals surface area contributed by atoms with E-state index in [1.54, 1.807) is 6.20 Å². The van der Waals surface area contributed by atoms with Crippen LogP contribution in [0.15, 0.2) is 12.3 Å². The van der Waals surface area contributed by atoms with Gasteiger partial charge in [-0.15, -0.1) is 0 Å². The van der Waals surface area contributed by atoms with Gasteiger partial charge in [0.05, 0.1) is 25.4 Å². The van der Waals surface area contributed by atoms with Gasteiger partial charge >= 0.3 is 0 Å². The molecule has 0 aliphatic carbocycles. The fraction of sp³-hybridized carbons (Fsp3) is 0.714. The van der Waals surface area contributed by atoms with Gasteiger partial charge in [-0.25, -0.2) is 9.97 Å². The van der Waals surface area contributed by atoms with Crippen molar-refractivity contribution in [1.82, 2.24) is 14.9 Å². The van der Waals surface area contributed by atoms with Gasteiger partial charge in [-0.05, 0) is 13.1 Å². The topological polar surface area (TPSA) is 70.5 Å². The number of ether oxygens (including phenoxy) is 1. The van der Waals surface area contributed by atoms with Crippen LogP contribution >= 0.6 is 0 Å². The highest BCUT2D eigenvalue weighted by molar-refractivity contribution is 5.34. The third-order valence-electron chi connectivity index (χ3n) is 3.84. The Bertz CT molecular complexity index is 441. The average molecular weight is 280 g/mol. The lowest BCUT2D eigenvalue weighted by molar-refractivity contribution is -0.0726. The second kappa shape index (κ2) is 6.47. The molecule has 2 N–H and O–H groups in total. The first-order valence-electron chi connectivity index (χ1n) is 7.04. The number of aliphatic hydroxyl groups is 1. The molecule has 0 amide bonds. The van der Waals surface area contributed by atoms with Gasteiger partial charge in [0.15, 0.2) is 0 Å². The molecule has 1 unspecified atom stereocenters. The van der Waals surface area contributed by atoms with Crippen LogP contribution in [0, 0.1) is 0 Å². The van der Waals surface area contributed by atoms with Crippen LogP contribution in [0.5, 0.6) is 0 Å². The van der Waals surface area contributed by atoms with E-state index in [4.69, 9.17) is 4.74 Å². The van der Waals surface area contributed by atoms with E-state index in [0.717, 1.165) is 18.2 Å². The molecule has 6 nitrogen and oxygen atoms in total. The van der Waals surface area contributed by atoms with Crippen molar-refractivity contribution in [2.45, 2.75) is 25.3 Å². The van der Waals surface area contributed by atoms with Crippen molar-refractivity contribution < 1.29 is 9.84 Å². The third-order valence-corrected chi connectivity index (χ3v) is 3.84. The second-order valence-electron chi connectivity index (χ2n) is 5.66. The van der Waals surface area contributed by atoms with E-state index in [9.17, 15) is 5.11 Å². The number of aromatic nitrogens is 2. The molecular formula is C14H24N4O2. The number of hydrogen-bond donors (Lipinski definition) is 2. The summed E-state index contributed by atoms with van der Waals surface area (Å²) in [7, 11) is 2.01. The lowest BCUT2D eigenvalue weighted by atomic mass is 9.98. The number of likely N-dealkylation sites (N-methyl/N-ethyl adjacent to an activating group) is 1. The van der Waals surface area contributed by atoms with Crippen LogP contribution in [0.4, 0.5) is 5.82 Å². The summed E-state index contributed by atoms with van der Waals surface area (Å²) in [6, 6.07) is 1.85. The zero-order chi connectivity index (χ0) is 14.6. The van der Waals surface area contributed by atoms with E-state index in [1.807, 2.05) is 13.1 Å². The number of hydrogen-bond acceptors (Lipinski definition) is 6. The van der Waals surface area contributed by atoms with Gasteiger partial charge in [0.1, 0.15) is 11.6 Å². The van der Waals surface area contributed by atoms with Gasteiger partial charge in [-0.3, -0.25) is 4.90 Å². The Morgan fingerprint density at radius 2 is 2.35 bits per heavy atom. The number of rotatable bonds is 5. The van der Waals surface area contributed by atoms with Crippen molar-refractivity contribution in [2.24, 2.45) is 0 Å². The summed E-state index contributed by atoms with van der Waals surface area (Å²) in [5, 5.41) is 13.0. The Kier molecular flexibility index (Phi) is 4.91. The monoisotopic (exact) mass is 280 g/mol. The van der Waals surface area contributed by atoms with Crippen molar-refractivity contribution in [3.63, 3.8) is 0 Å². The van der Waals surface area contributed by atoms with Crippen LogP contribution in [-0.2, 0) is 4.74 Å². The fourth-order valence-electron chi connectivity index (χ4n) is 2.22. The number of aliphatic hydroxyl groups excluding tert-OH is 1. The molecule has 0 bridgehead atoms. The van der Waals surface area contributed by atoms with Crippen LogP contribution in [0.1, 0.15) is 25.6 Å². The zero-order valence-corrected chi connectivity index (χ0v) is 12.5. The molecule has 1 aliphatic rings. The van der Waals surface area contributed by atoms with Gasteiger partial charge in [0.25, 0.3) is 0 Å². The summed E-state index contributed by atoms with van der Waals surface area (Å²) in [6.45, 7) is 6.84. The maximum absolute atomic E-state index is 9.74. The minimum atomic E-state index is -0.388. The maximum Gasteiger partial charge on any atom is 0.133 e.